The number of halogens is 1. The van der Waals surface area contributed by atoms with E-state index in [2.05, 4.69) is 40.3 Å². The van der Waals surface area contributed by atoms with Gasteiger partial charge in [-0.3, -0.25) is 0 Å². The molecule has 0 fully saturated rings. The van der Waals surface area contributed by atoms with E-state index in [1.165, 1.54) is 5.56 Å². The predicted molar refractivity (Wildman–Crippen MR) is 89.0 cm³/mol. The van der Waals surface area contributed by atoms with Gasteiger partial charge in [-0.1, -0.05) is 34.1 Å². The van der Waals surface area contributed by atoms with Gasteiger partial charge in [0.2, 0.25) is 0 Å². The normalized spacial score (nSPS) is 12.0. The van der Waals surface area contributed by atoms with Crippen LogP contribution in [0.3, 0.4) is 0 Å². The van der Waals surface area contributed by atoms with Gasteiger partial charge in [-0.2, -0.15) is 0 Å². The molecule has 0 aliphatic rings. The molecule has 2 rings (SSSR count). The van der Waals surface area contributed by atoms with E-state index >= 15 is 0 Å². The molecular formula is C17H20BrNO2. The molecule has 2 aromatic rings. The minimum absolute atomic E-state index is 0.280. The molecule has 0 radical (unpaired) electrons. The summed E-state index contributed by atoms with van der Waals surface area (Å²) < 4.78 is 11.9. The first-order valence-corrected chi connectivity index (χ1v) is 7.74. The molecule has 0 saturated carbocycles. The molecule has 1 atom stereocenters. The van der Waals surface area contributed by atoms with E-state index in [4.69, 9.17) is 9.47 Å². The Bertz CT molecular complexity index is 557. The van der Waals surface area contributed by atoms with Crippen LogP contribution in [0.15, 0.2) is 53.0 Å². The second-order valence-electron chi connectivity index (χ2n) is 4.75. The second-order valence-corrected chi connectivity index (χ2v) is 5.67. The molecule has 0 amide bonds. The van der Waals surface area contributed by atoms with Crippen molar-refractivity contribution in [2.75, 3.05) is 20.3 Å². The molecule has 0 spiro atoms. The summed E-state index contributed by atoms with van der Waals surface area (Å²) in [6, 6.07) is 16.3. The Morgan fingerprint density at radius 2 is 1.86 bits per heavy atom. The highest BCUT2D eigenvalue weighted by Crippen LogP contribution is 2.18. The molecular weight excluding hydrogens is 330 g/mol. The van der Waals surface area contributed by atoms with Crippen LogP contribution < -0.4 is 14.8 Å². The lowest BCUT2D eigenvalue weighted by Crippen LogP contribution is -2.24. The molecule has 0 aromatic heterocycles. The third kappa shape index (κ3) is 5.06. The molecule has 21 heavy (non-hydrogen) atoms. The molecule has 2 aromatic carbocycles. The highest BCUT2D eigenvalue weighted by molar-refractivity contribution is 9.10. The minimum Gasteiger partial charge on any atom is -0.497 e. The zero-order valence-corrected chi connectivity index (χ0v) is 13.9. The summed E-state index contributed by atoms with van der Waals surface area (Å²) in [5, 5.41) is 3.44. The van der Waals surface area contributed by atoms with E-state index in [1.807, 2.05) is 36.4 Å². The smallest absolute Gasteiger partial charge is 0.120 e. The fraction of sp³-hybridized carbons (Fsp3) is 0.294. The summed E-state index contributed by atoms with van der Waals surface area (Å²) in [4.78, 5) is 0. The van der Waals surface area contributed by atoms with Crippen LogP contribution in [0, 0.1) is 0 Å². The standard InChI is InChI=1S/C17H20BrNO2/c1-13(14-6-8-16(20-2)9-7-14)19-10-11-21-17-5-3-4-15(18)12-17/h3-9,12-13,19H,10-11H2,1-2H3/t13-/m1/s1. The van der Waals surface area contributed by atoms with Crippen LogP contribution in [-0.2, 0) is 0 Å². The topological polar surface area (TPSA) is 30.5 Å². The van der Waals surface area contributed by atoms with Crippen LogP contribution in [-0.4, -0.2) is 20.3 Å². The molecule has 1 N–H and O–H groups in total. The van der Waals surface area contributed by atoms with Gasteiger partial charge in [0.25, 0.3) is 0 Å². The highest BCUT2D eigenvalue weighted by atomic mass is 79.9. The van der Waals surface area contributed by atoms with Crippen molar-refractivity contribution in [1.29, 1.82) is 0 Å². The average Bonchev–Trinajstić information content (AvgIpc) is 2.51. The van der Waals surface area contributed by atoms with Crippen molar-refractivity contribution in [3.05, 3.63) is 58.6 Å². The van der Waals surface area contributed by atoms with Gasteiger partial charge in [-0.05, 0) is 42.8 Å². The molecule has 4 heteroatoms. The average molecular weight is 350 g/mol. The number of hydrogen-bond donors (Lipinski definition) is 1. The number of hydrogen-bond acceptors (Lipinski definition) is 3. The monoisotopic (exact) mass is 349 g/mol. The van der Waals surface area contributed by atoms with Gasteiger partial charge in [0.15, 0.2) is 0 Å². The lowest BCUT2D eigenvalue weighted by Gasteiger charge is -2.15. The first-order valence-electron chi connectivity index (χ1n) is 6.95. The third-order valence-corrected chi connectivity index (χ3v) is 3.73. The molecule has 0 aliphatic heterocycles. The van der Waals surface area contributed by atoms with Gasteiger partial charge in [-0.15, -0.1) is 0 Å². The molecule has 0 unspecified atom stereocenters. The Labute approximate surface area is 134 Å². The fourth-order valence-corrected chi connectivity index (χ4v) is 2.39. The van der Waals surface area contributed by atoms with E-state index in [0.717, 1.165) is 22.5 Å². The lowest BCUT2D eigenvalue weighted by atomic mass is 10.1. The number of ether oxygens (including phenoxy) is 2. The van der Waals surface area contributed by atoms with Crippen molar-refractivity contribution in [2.24, 2.45) is 0 Å². The van der Waals surface area contributed by atoms with Gasteiger partial charge in [-0.25, -0.2) is 0 Å². The van der Waals surface area contributed by atoms with E-state index in [0.29, 0.717) is 6.61 Å². The lowest BCUT2D eigenvalue weighted by molar-refractivity contribution is 0.307. The quantitative estimate of drug-likeness (QED) is 0.760. The molecule has 3 nitrogen and oxygen atoms in total. The molecule has 0 bridgehead atoms. The van der Waals surface area contributed by atoms with Gasteiger partial charge in [0.1, 0.15) is 18.1 Å². The second kappa shape index (κ2) is 8.05. The summed E-state index contributed by atoms with van der Waals surface area (Å²) in [5.41, 5.74) is 1.23. The Morgan fingerprint density at radius 3 is 2.52 bits per heavy atom. The molecule has 0 aliphatic carbocycles. The van der Waals surface area contributed by atoms with E-state index in [1.54, 1.807) is 7.11 Å². The van der Waals surface area contributed by atoms with E-state index < -0.39 is 0 Å². The van der Waals surface area contributed by atoms with Crippen LogP contribution in [0.4, 0.5) is 0 Å². The summed E-state index contributed by atoms with van der Waals surface area (Å²) in [6.07, 6.45) is 0. The summed E-state index contributed by atoms with van der Waals surface area (Å²) in [7, 11) is 1.68. The van der Waals surface area contributed by atoms with Crippen molar-refractivity contribution < 1.29 is 9.47 Å². The number of benzene rings is 2. The van der Waals surface area contributed by atoms with Crippen LogP contribution in [0.25, 0.3) is 0 Å². The van der Waals surface area contributed by atoms with Crippen molar-refractivity contribution >= 4 is 15.9 Å². The van der Waals surface area contributed by atoms with Gasteiger partial charge in [0, 0.05) is 17.1 Å². The number of rotatable bonds is 7. The fourth-order valence-electron chi connectivity index (χ4n) is 2.01. The Hall–Kier alpha value is -1.52. The maximum atomic E-state index is 5.70. The van der Waals surface area contributed by atoms with Crippen molar-refractivity contribution in [3.63, 3.8) is 0 Å². The zero-order chi connectivity index (χ0) is 15.1. The van der Waals surface area contributed by atoms with Gasteiger partial charge < -0.3 is 14.8 Å². The number of nitrogens with one attached hydrogen (secondary N) is 1. The third-order valence-electron chi connectivity index (χ3n) is 3.23. The van der Waals surface area contributed by atoms with Crippen molar-refractivity contribution in [2.45, 2.75) is 13.0 Å². The van der Waals surface area contributed by atoms with Crippen molar-refractivity contribution in [3.8, 4) is 11.5 Å². The van der Waals surface area contributed by atoms with Crippen molar-refractivity contribution in [1.82, 2.24) is 5.32 Å². The summed E-state index contributed by atoms with van der Waals surface area (Å²) in [5.74, 6) is 1.76. The van der Waals surface area contributed by atoms with E-state index in [9.17, 15) is 0 Å². The summed E-state index contributed by atoms with van der Waals surface area (Å²) in [6.45, 7) is 3.57. The Morgan fingerprint density at radius 1 is 1.10 bits per heavy atom. The van der Waals surface area contributed by atoms with Crippen LogP contribution in [0.2, 0.25) is 0 Å². The molecule has 0 heterocycles. The zero-order valence-electron chi connectivity index (χ0n) is 12.3. The summed E-state index contributed by atoms with van der Waals surface area (Å²) >= 11 is 3.43. The van der Waals surface area contributed by atoms with Crippen LogP contribution in [0.5, 0.6) is 11.5 Å². The van der Waals surface area contributed by atoms with Crippen LogP contribution in [0.1, 0.15) is 18.5 Å². The predicted octanol–water partition coefficient (Wildman–Crippen LogP) is 4.19. The highest BCUT2D eigenvalue weighted by Gasteiger charge is 2.04. The first kappa shape index (κ1) is 15.9. The van der Waals surface area contributed by atoms with Crippen LogP contribution >= 0.6 is 15.9 Å². The number of methoxy groups -OCH3 is 1. The minimum atomic E-state index is 0.280. The maximum Gasteiger partial charge on any atom is 0.120 e. The SMILES string of the molecule is COc1ccc([C@@H](C)NCCOc2cccc(Br)c2)cc1. The van der Waals surface area contributed by atoms with Gasteiger partial charge >= 0.3 is 0 Å². The van der Waals surface area contributed by atoms with Gasteiger partial charge in [0.05, 0.1) is 7.11 Å². The Balaban J connectivity index is 1.74. The molecule has 112 valence electrons. The maximum absolute atomic E-state index is 5.70. The Kier molecular flexibility index (Phi) is 6.08. The first-order chi connectivity index (χ1) is 10.2. The largest absolute Gasteiger partial charge is 0.497 e. The van der Waals surface area contributed by atoms with E-state index in [-0.39, 0.29) is 6.04 Å². The molecule has 0 saturated heterocycles.